The van der Waals surface area contributed by atoms with Crippen LogP contribution in [0.2, 0.25) is 0 Å². The molecule has 0 aliphatic carbocycles. The molecule has 0 spiro atoms. The molecule has 0 aliphatic rings. The van der Waals surface area contributed by atoms with Crippen LogP contribution in [0.25, 0.3) is 16.3 Å². The minimum atomic E-state index is -0.322. The molecule has 100 valence electrons. The predicted molar refractivity (Wildman–Crippen MR) is 75.9 cm³/mol. The van der Waals surface area contributed by atoms with E-state index in [2.05, 4.69) is 10.3 Å². The minimum Gasteiger partial charge on any atom is -0.465 e. The first-order valence-corrected chi connectivity index (χ1v) is 6.61. The van der Waals surface area contributed by atoms with Gasteiger partial charge in [-0.15, -0.1) is 0 Å². The Labute approximate surface area is 117 Å². The van der Waals surface area contributed by atoms with Gasteiger partial charge in [0, 0.05) is 6.08 Å². The number of anilines is 1. The van der Waals surface area contributed by atoms with E-state index in [0.717, 1.165) is 0 Å². The Morgan fingerprint density at radius 1 is 1.40 bits per heavy atom. The van der Waals surface area contributed by atoms with Crippen LogP contribution in [0.15, 0.2) is 47.1 Å². The van der Waals surface area contributed by atoms with Crippen molar-refractivity contribution in [3.05, 3.63) is 54.2 Å². The van der Waals surface area contributed by atoms with E-state index in [1.54, 1.807) is 24.3 Å². The topological polar surface area (TPSA) is 55.1 Å². The summed E-state index contributed by atoms with van der Waals surface area (Å²) >= 11 is 1.22. The van der Waals surface area contributed by atoms with Gasteiger partial charge in [-0.3, -0.25) is 10.1 Å². The van der Waals surface area contributed by atoms with E-state index in [1.807, 2.05) is 0 Å². The Hall–Kier alpha value is -2.47. The number of carbonyl (C=O) groups is 1. The number of halogens is 1. The summed E-state index contributed by atoms with van der Waals surface area (Å²) in [7, 11) is 0. The molecule has 1 N–H and O–H groups in total. The highest BCUT2D eigenvalue weighted by atomic mass is 32.1. The SMILES string of the molecule is O=C(/C=C/c1ccco1)Nc1nc2ccc(F)cc2s1. The van der Waals surface area contributed by atoms with Crippen LogP contribution in [0.5, 0.6) is 0 Å². The fourth-order valence-electron chi connectivity index (χ4n) is 1.64. The highest BCUT2D eigenvalue weighted by molar-refractivity contribution is 7.22. The van der Waals surface area contributed by atoms with Crippen molar-refractivity contribution in [3.8, 4) is 0 Å². The molecule has 0 saturated carbocycles. The van der Waals surface area contributed by atoms with Gasteiger partial charge in [-0.05, 0) is 36.4 Å². The fourth-order valence-corrected chi connectivity index (χ4v) is 2.54. The lowest BCUT2D eigenvalue weighted by Gasteiger charge is -1.94. The summed E-state index contributed by atoms with van der Waals surface area (Å²) in [6.07, 6.45) is 4.44. The second-order valence-electron chi connectivity index (χ2n) is 3.97. The fraction of sp³-hybridized carbons (Fsp3) is 0. The van der Waals surface area contributed by atoms with Gasteiger partial charge >= 0.3 is 0 Å². The predicted octanol–water partition coefficient (Wildman–Crippen LogP) is 3.68. The van der Waals surface area contributed by atoms with E-state index in [4.69, 9.17) is 4.42 Å². The van der Waals surface area contributed by atoms with E-state index in [-0.39, 0.29) is 11.7 Å². The lowest BCUT2D eigenvalue weighted by Crippen LogP contribution is -2.07. The highest BCUT2D eigenvalue weighted by Crippen LogP contribution is 2.26. The highest BCUT2D eigenvalue weighted by Gasteiger charge is 2.06. The van der Waals surface area contributed by atoms with Gasteiger partial charge in [0.2, 0.25) is 5.91 Å². The summed E-state index contributed by atoms with van der Waals surface area (Å²) in [6, 6.07) is 7.78. The molecule has 1 aromatic carbocycles. The summed E-state index contributed by atoms with van der Waals surface area (Å²) in [4.78, 5) is 15.9. The van der Waals surface area contributed by atoms with Crippen LogP contribution in [-0.4, -0.2) is 10.9 Å². The average Bonchev–Trinajstić information content (AvgIpc) is 3.04. The molecule has 3 rings (SSSR count). The minimum absolute atomic E-state index is 0.319. The lowest BCUT2D eigenvalue weighted by molar-refractivity contribution is -0.111. The van der Waals surface area contributed by atoms with Gasteiger partial charge in [-0.1, -0.05) is 11.3 Å². The summed E-state index contributed by atoms with van der Waals surface area (Å²) in [6.45, 7) is 0. The van der Waals surface area contributed by atoms with Crippen LogP contribution in [0.1, 0.15) is 5.76 Å². The molecule has 3 aromatic rings. The largest absolute Gasteiger partial charge is 0.465 e. The normalized spacial score (nSPS) is 11.2. The molecule has 2 heterocycles. The van der Waals surface area contributed by atoms with Crippen LogP contribution < -0.4 is 5.32 Å². The number of nitrogens with zero attached hydrogens (tertiary/aromatic N) is 1. The van der Waals surface area contributed by atoms with Crippen molar-refractivity contribution in [1.29, 1.82) is 0 Å². The van der Waals surface area contributed by atoms with E-state index >= 15 is 0 Å². The van der Waals surface area contributed by atoms with Crippen LogP contribution in [-0.2, 0) is 4.79 Å². The first kappa shape index (κ1) is 12.6. The standard InChI is InChI=1S/C14H9FN2O2S/c15-9-3-5-11-12(8-9)20-14(16-11)17-13(18)6-4-10-2-1-7-19-10/h1-8H,(H,16,17,18)/b6-4+. The number of amides is 1. The zero-order valence-electron chi connectivity index (χ0n) is 10.2. The second-order valence-corrected chi connectivity index (χ2v) is 5.00. The molecule has 0 atom stereocenters. The number of furan rings is 1. The Bertz CT molecular complexity index is 778. The first-order chi connectivity index (χ1) is 9.70. The van der Waals surface area contributed by atoms with Crippen LogP contribution in [0.4, 0.5) is 9.52 Å². The van der Waals surface area contributed by atoms with E-state index in [0.29, 0.717) is 21.1 Å². The molecule has 0 bridgehead atoms. The number of nitrogens with one attached hydrogen (secondary N) is 1. The number of aromatic nitrogens is 1. The number of fused-ring (bicyclic) bond motifs is 1. The monoisotopic (exact) mass is 288 g/mol. The molecular formula is C14H9FN2O2S. The number of benzene rings is 1. The van der Waals surface area contributed by atoms with Gasteiger partial charge < -0.3 is 4.42 Å². The summed E-state index contributed by atoms with van der Waals surface area (Å²) in [5.74, 6) is -0.0517. The van der Waals surface area contributed by atoms with Crippen molar-refractivity contribution in [1.82, 2.24) is 4.98 Å². The molecule has 0 unspecified atom stereocenters. The van der Waals surface area contributed by atoms with Crippen molar-refractivity contribution in [2.24, 2.45) is 0 Å². The van der Waals surface area contributed by atoms with Crippen LogP contribution >= 0.6 is 11.3 Å². The maximum absolute atomic E-state index is 13.1. The number of thiazole rings is 1. The van der Waals surface area contributed by atoms with E-state index < -0.39 is 0 Å². The molecule has 0 saturated heterocycles. The maximum Gasteiger partial charge on any atom is 0.250 e. The number of hydrogen-bond acceptors (Lipinski definition) is 4. The van der Waals surface area contributed by atoms with E-state index in [1.165, 1.54) is 35.8 Å². The Balaban J connectivity index is 1.74. The van der Waals surface area contributed by atoms with Crippen LogP contribution in [0.3, 0.4) is 0 Å². The van der Waals surface area contributed by atoms with Gasteiger partial charge in [0.05, 0.1) is 16.5 Å². The van der Waals surface area contributed by atoms with Crippen LogP contribution in [0, 0.1) is 5.82 Å². The molecular weight excluding hydrogens is 279 g/mol. The molecule has 1 amide bonds. The third-order valence-electron chi connectivity index (χ3n) is 2.52. The quantitative estimate of drug-likeness (QED) is 0.748. The van der Waals surface area contributed by atoms with Crippen molar-refractivity contribution in [2.45, 2.75) is 0 Å². The average molecular weight is 288 g/mol. The smallest absolute Gasteiger partial charge is 0.250 e. The van der Waals surface area contributed by atoms with Crippen molar-refractivity contribution < 1.29 is 13.6 Å². The molecule has 4 nitrogen and oxygen atoms in total. The molecule has 0 radical (unpaired) electrons. The Morgan fingerprint density at radius 3 is 3.10 bits per heavy atom. The Kier molecular flexibility index (Phi) is 3.30. The molecule has 20 heavy (non-hydrogen) atoms. The Morgan fingerprint density at radius 2 is 2.30 bits per heavy atom. The van der Waals surface area contributed by atoms with Crippen molar-refractivity contribution in [2.75, 3.05) is 5.32 Å². The lowest BCUT2D eigenvalue weighted by atomic mass is 10.3. The first-order valence-electron chi connectivity index (χ1n) is 5.79. The van der Waals surface area contributed by atoms with E-state index in [9.17, 15) is 9.18 Å². The molecule has 0 fully saturated rings. The molecule has 0 aliphatic heterocycles. The van der Waals surface area contributed by atoms with Crippen molar-refractivity contribution in [3.63, 3.8) is 0 Å². The van der Waals surface area contributed by atoms with Gasteiger partial charge in [0.1, 0.15) is 11.6 Å². The third kappa shape index (κ3) is 2.75. The molecule has 2 aromatic heterocycles. The third-order valence-corrected chi connectivity index (χ3v) is 3.46. The summed E-state index contributed by atoms with van der Waals surface area (Å²) < 4.78 is 18.8. The maximum atomic E-state index is 13.1. The van der Waals surface area contributed by atoms with Crippen molar-refractivity contribution >= 4 is 38.7 Å². The van der Waals surface area contributed by atoms with Gasteiger partial charge in [0.25, 0.3) is 0 Å². The van der Waals surface area contributed by atoms with Gasteiger partial charge in [0.15, 0.2) is 5.13 Å². The molecule has 6 heteroatoms. The zero-order chi connectivity index (χ0) is 13.9. The second kappa shape index (κ2) is 5.26. The number of rotatable bonds is 3. The summed E-state index contributed by atoms with van der Waals surface area (Å²) in [5.41, 5.74) is 0.654. The number of hydrogen-bond donors (Lipinski definition) is 1. The van der Waals surface area contributed by atoms with Gasteiger partial charge in [-0.2, -0.15) is 0 Å². The van der Waals surface area contributed by atoms with Gasteiger partial charge in [-0.25, -0.2) is 9.37 Å². The number of carbonyl (C=O) groups excluding carboxylic acids is 1. The summed E-state index contributed by atoms with van der Waals surface area (Å²) in [5, 5.41) is 3.06. The zero-order valence-corrected chi connectivity index (χ0v) is 11.0.